The molecule has 2 fully saturated rings. The van der Waals surface area contributed by atoms with Gasteiger partial charge in [-0.25, -0.2) is 4.98 Å². The third-order valence-electron chi connectivity index (χ3n) is 7.31. The Morgan fingerprint density at radius 2 is 1.88 bits per heavy atom. The normalized spacial score (nSPS) is 19.7. The molecule has 0 amide bonds. The highest BCUT2D eigenvalue weighted by Gasteiger charge is 2.24. The van der Waals surface area contributed by atoms with Gasteiger partial charge in [0, 0.05) is 43.7 Å². The summed E-state index contributed by atoms with van der Waals surface area (Å²) in [5.41, 5.74) is 1.95. The lowest BCUT2D eigenvalue weighted by molar-refractivity contribution is 0.119. The summed E-state index contributed by atoms with van der Waals surface area (Å²) in [6.07, 6.45) is 9.01. The molecule has 0 unspecified atom stereocenters. The van der Waals surface area contributed by atoms with Gasteiger partial charge in [0.25, 0.3) is 0 Å². The number of rotatable bonds is 11. The molecule has 0 spiro atoms. The molecule has 1 N–H and O–H groups in total. The fraction of sp³-hybridized carbons (Fsp3) is 0.679. The summed E-state index contributed by atoms with van der Waals surface area (Å²) < 4.78 is 17.8. The summed E-state index contributed by atoms with van der Waals surface area (Å²) in [4.78, 5) is 7.72. The van der Waals surface area contributed by atoms with Gasteiger partial charge >= 0.3 is 0 Å². The van der Waals surface area contributed by atoms with Gasteiger partial charge in [0.1, 0.15) is 23.6 Å². The fourth-order valence-electron chi connectivity index (χ4n) is 5.39. The number of para-hydroxylation sites is 1. The number of pyridine rings is 1. The molecular weight excluding hydrogens is 426 g/mol. The summed E-state index contributed by atoms with van der Waals surface area (Å²) in [7, 11) is 1.70. The van der Waals surface area contributed by atoms with Crippen molar-refractivity contribution in [3.8, 4) is 11.5 Å². The van der Waals surface area contributed by atoms with Crippen molar-refractivity contribution in [3.05, 3.63) is 30.0 Å². The molecule has 1 saturated heterocycles. The zero-order valence-corrected chi connectivity index (χ0v) is 21.4. The Morgan fingerprint density at radius 1 is 1.03 bits per heavy atom. The molecule has 0 radical (unpaired) electrons. The monoisotopic (exact) mass is 469 g/mol. The standard InChI is InChI=1S/C28H43N3O3/c1-21(2)31(24-11-8-14-29-18-24)19-23-17-27(33-16-15-32-3)25-12-7-13-26(28(25)30-23)34-20-22-9-5-4-6-10-22/h7,12-13,17,21-22,24,29H,4-6,8-11,14-16,18-20H2,1-3H3/t24-/m1/s1. The van der Waals surface area contributed by atoms with Gasteiger partial charge in [0.15, 0.2) is 0 Å². The first-order valence-corrected chi connectivity index (χ1v) is 13.3. The summed E-state index contributed by atoms with van der Waals surface area (Å²) in [5, 5.41) is 4.58. The third kappa shape index (κ3) is 6.61. The summed E-state index contributed by atoms with van der Waals surface area (Å²) in [5.74, 6) is 2.39. The van der Waals surface area contributed by atoms with E-state index in [-0.39, 0.29) is 0 Å². The van der Waals surface area contributed by atoms with E-state index in [1.54, 1.807) is 7.11 Å². The fourth-order valence-corrected chi connectivity index (χ4v) is 5.39. The molecular formula is C28H43N3O3. The van der Waals surface area contributed by atoms with E-state index in [1.807, 2.05) is 0 Å². The lowest BCUT2D eigenvalue weighted by Gasteiger charge is -2.37. The predicted molar refractivity (Wildman–Crippen MR) is 138 cm³/mol. The van der Waals surface area contributed by atoms with E-state index in [9.17, 15) is 0 Å². The topological polar surface area (TPSA) is 55.9 Å². The van der Waals surface area contributed by atoms with Crippen LogP contribution in [0.3, 0.4) is 0 Å². The number of benzene rings is 1. The second-order valence-electron chi connectivity index (χ2n) is 10.2. The highest BCUT2D eigenvalue weighted by Crippen LogP contribution is 2.34. The minimum atomic E-state index is 0.443. The van der Waals surface area contributed by atoms with Crippen LogP contribution < -0.4 is 14.8 Å². The van der Waals surface area contributed by atoms with Gasteiger partial charge in [-0.15, -0.1) is 0 Å². The summed E-state index contributed by atoms with van der Waals surface area (Å²) >= 11 is 0. The smallest absolute Gasteiger partial charge is 0.145 e. The molecule has 0 bridgehead atoms. The first kappa shape index (κ1) is 25.2. The van der Waals surface area contributed by atoms with Crippen molar-refractivity contribution in [1.82, 2.24) is 15.2 Å². The third-order valence-corrected chi connectivity index (χ3v) is 7.31. The van der Waals surface area contributed by atoms with Crippen LogP contribution in [-0.2, 0) is 11.3 Å². The van der Waals surface area contributed by atoms with Crippen molar-refractivity contribution in [1.29, 1.82) is 0 Å². The number of aromatic nitrogens is 1. The lowest BCUT2D eigenvalue weighted by Crippen LogP contribution is -2.48. The molecule has 188 valence electrons. The summed E-state index contributed by atoms with van der Waals surface area (Å²) in [6, 6.07) is 9.30. The van der Waals surface area contributed by atoms with Crippen molar-refractivity contribution in [2.45, 2.75) is 77.4 Å². The molecule has 1 atom stereocenters. The van der Waals surface area contributed by atoms with Crippen LogP contribution in [0, 0.1) is 5.92 Å². The number of hydrogen-bond acceptors (Lipinski definition) is 6. The van der Waals surface area contributed by atoms with Gasteiger partial charge in [-0.1, -0.05) is 25.3 Å². The maximum atomic E-state index is 6.40. The molecule has 2 aliphatic rings. The van der Waals surface area contributed by atoms with Crippen LogP contribution in [0.25, 0.3) is 10.9 Å². The van der Waals surface area contributed by atoms with E-state index in [0.717, 1.165) is 54.3 Å². The second kappa shape index (κ2) is 12.7. The quantitative estimate of drug-likeness (QED) is 0.458. The predicted octanol–water partition coefficient (Wildman–Crippen LogP) is 5.18. The van der Waals surface area contributed by atoms with Crippen LogP contribution in [0.4, 0.5) is 0 Å². The largest absolute Gasteiger partial charge is 0.491 e. The molecule has 6 nitrogen and oxygen atoms in total. The zero-order valence-electron chi connectivity index (χ0n) is 21.4. The van der Waals surface area contributed by atoms with Crippen LogP contribution in [-0.4, -0.2) is 62.0 Å². The van der Waals surface area contributed by atoms with E-state index < -0.39 is 0 Å². The summed E-state index contributed by atoms with van der Waals surface area (Å²) in [6.45, 7) is 9.38. The average molecular weight is 470 g/mol. The highest BCUT2D eigenvalue weighted by molar-refractivity contribution is 5.90. The van der Waals surface area contributed by atoms with Gasteiger partial charge in [0.05, 0.1) is 18.9 Å². The number of nitrogens with zero attached hydrogens (tertiary/aromatic N) is 2. The first-order valence-electron chi connectivity index (χ1n) is 13.3. The molecule has 2 heterocycles. The van der Waals surface area contributed by atoms with Crippen molar-refractivity contribution in [3.63, 3.8) is 0 Å². The van der Waals surface area contributed by atoms with Crippen LogP contribution in [0.1, 0.15) is 64.5 Å². The van der Waals surface area contributed by atoms with Gasteiger partial charge in [-0.2, -0.15) is 0 Å². The zero-order chi connectivity index (χ0) is 23.8. The number of hydrogen-bond donors (Lipinski definition) is 1. The number of ether oxygens (including phenoxy) is 3. The van der Waals surface area contributed by atoms with Crippen LogP contribution >= 0.6 is 0 Å². The van der Waals surface area contributed by atoms with Crippen LogP contribution in [0.5, 0.6) is 11.5 Å². The molecule has 1 aromatic carbocycles. The van der Waals surface area contributed by atoms with E-state index >= 15 is 0 Å². The minimum Gasteiger partial charge on any atom is -0.491 e. The van der Waals surface area contributed by atoms with Crippen molar-refractivity contribution >= 4 is 10.9 Å². The second-order valence-corrected chi connectivity index (χ2v) is 10.2. The molecule has 1 aliphatic heterocycles. The minimum absolute atomic E-state index is 0.443. The van der Waals surface area contributed by atoms with Crippen molar-refractivity contribution < 1.29 is 14.2 Å². The highest BCUT2D eigenvalue weighted by atomic mass is 16.5. The average Bonchev–Trinajstić information content (AvgIpc) is 2.87. The Labute approximate surface area is 205 Å². The van der Waals surface area contributed by atoms with Crippen LogP contribution in [0.15, 0.2) is 24.3 Å². The van der Waals surface area contributed by atoms with Crippen LogP contribution in [0.2, 0.25) is 0 Å². The number of fused-ring (bicyclic) bond motifs is 1. The Morgan fingerprint density at radius 3 is 2.62 bits per heavy atom. The lowest BCUT2D eigenvalue weighted by atomic mass is 9.90. The molecule has 1 saturated carbocycles. The Kier molecular flexibility index (Phi) is 9.42. The Bertz CT molecular complexity index is 892. The van der Waals surface area contributed by atoms with E-state index in [4.69, 9.17) is 19.2 Å². The van der Waals surface area contributed by atoms with Crippen molar-refractivity contribution in [2.75, 3.05) is 40.0 Å². The molecule has 1 aromatic heterocycles. The maximum Gasteiger partial charge on any atom is 0.145 e. The molecule has 2 aromatic rings. The van der Waals surface area contributed by atoms with Gasteiger partial charge in [-0.3, -0.25) is 4.90 Å². The molecule has 6 heteroatoms. The molecule has 4 rings (SSSR count). The van der Waals surface area contributed by atoms with Gasteiger partial charge in [-0.05, 0) is 64.1 Å². The maximum absolute atomic E-state index is 6.40. The Balaban J connectivity index is 1.61. The van der Waals surface area contributed by atoms with E-state index in [2.05, 4.69) is 48.3 Å². The molecule has 1 aliphatic carbocycles. The Hall–Kier alpha value is -1.89. The van der Waals surface area contributed by atoms with E-state index in [0.29, 0.717) is 31.2 Å². The number of piperidine rings is 1. The van der Waals surface area contributed by atoms with Crippen molar-refractivity contribution in [2.24, 2.45) is 5.92 Å². The first-order chi connectivity index (χ1) is 16.7. The SMILES string of the molecule is COCCOc1cc(CN(C(C)C)[C@@H]2CCCNC2)nc2c(OCC3CCCCC3)cccc12. The van der Waals surface area contributed by atoms with E-state index in [1.165, 1.54) is 44.9 Å². The van der Waals surface area contributed by atoms with Gasteiger partial charge in [0.2, 0.25) is 0 Å². The molecule has 34 heavy (non-hydrogen) atoms. The number of nitrogens with one attached hydrogen (secondary N) is 1. The van der Waals surface area contributed by atoms with Gasteiger partial charge < -0.3 is 19.5 Å². The number of methoxy groups -OCH3 is 1.